The molecule has 0 saturated heterocycles. The minimum atomic E-state index is -3.72. The van der Waals surface area contributed by atoms with E-state index in [9.17, 15) is 23.3 Å². The molecule has 8 nitrogen and oxygen atoms in total. The molecule has 0 aliphatic rings. The van der Waals surface area contributed by atoms with Gasteiger partial charge in [-0.1, -0.05) is 31.2 Å². The third-order valence-corrected chi connectivity index (χ3v) is 4.84. The van der Waals surface area contributed by atoms with Crippen molar-refractivity contribution in [2.45, 2.75) is 19.4 Å². The monoisotopic (exact) mass is 377 g/mol. The summed E-state index contributed by atoms with van der Waals surface area (Å²) < 4.78 is 25.6. The molecule has 0 saturated carbocycles. The first-order valence-electron chi connectivity index (χ1n) is 7.83. The van der Waals surface area contributed by atoms with Crippen LogP contribution >= 0.6 is 0 Å². The Labute approximate surface area is 151 Å². The van der Waals surface area contributed by atoms with Crippen molar-refractivity contribution >= 4 is 33.0 Å². The van der Waals surface area contributed by atoms with E-state index in [0.717, 1.165) is 10.6 Å². The summed E-state index contributed by atoms with van der Waals surface area (Å²) in [5, 5.41) is 13.4. The smallest absolute Gasteiger partial charge is 0.271 e. The summed E-state index contributed by atoms with van der Waals surface area (Å²) in [5.74, 6) is -0.567. The van der Waals surface area contributed by atoms with Crippen molar-refractivity contribution in [3.05, 3.63) is 64.7 Å². The summed E-state index contributed by atoms with van der Waals surface area (Å²) in [6.07, 6.45) is 1.26. The van der Waals surface area contributed by atoms with Crippen LogP contribution < -0.4 is 9.62 Å². The van der Waals surface area contributed by atoms with Crippen LogP contribution in [0.2, 0.25) is 0 Å². The Bertz CT molecular complexity index is 900. The van der Waals surface area contributed by atoms with E-state index in [1.54, 1.807) is 37.3 Å². The highest BCUT2D eigenvalue weighted by atomic mass is 32.2. The van der Waals surface area contributed by atoms with Crippen molar-refractivity contribution in [2.24, 2.45) is 0 Å². The number of rotatable bonds is 7. The fraction of sp³-hybridized carbons (Fsp3) is 0.235. The lowest BCUT2D eigenvalue weighted by Crippen LogP contribution is -2.46. The molecule has 0 radical (unpaired) electrons. The molecule has 1 N–H and O–H groups in total. The van der Waals surface area contributed by atoms with Crippen LogP contribution in [0, 0.1) is 10.1 Å². The first-order valence-corrected chi connectivity index (χ1v) is 9.68. The zero-order valence-corrected chi connectivity index (χ0v) is 15.1. The van der Waals surface area contributed by atoms with Gasteiger partial charge in [0.15, 0.2) is 0 Å². The Morgan fingerprint density at radius 3 is 2.38 bits per heavy atom. The molecule has 2 rings (SSSR count). The molecule has 0 fully saturated rings. The highest BCUT2D eigenvalue weighted by Crippen LogP contribution is 2.23. The molecule has 138 valence electrons. The number of para-hydroxylation sites is 1. The summed E-state index contributed by atoms with van der Waals surface area (Å²) in [6.45, 7) is 1.69. The van der Waals surface area contributed by atoms with Crippen molar-refractivity contribution in [3.8, 4) is 0 Å². The number of non-ortho nitro benzene ring substituents is 1. The van der Waals surface area contributed by atoms with E-state index in [0.29, 0.717) is 5.69 Å². The van der Waals surface area contributed by atoms with Crippen LogP contribution in [0.4, 0.5) is 17.1 Å². The van der Waals surface area contributed by atoms with Gasteiger partial charge in [0.2, 0.25) is 15.9 Å². The van der Waals surface area contributed by atoms with Crippen LogP contribution in [0.15, 0.2) is 54.6 Å². The normalized spacial score (nSPS) is 12.2. The number of carbonyl (C=O) groups is 1. The van der Waals surface area contributed by atoms with Gasteiger partial charge in [-0.25, -0.2) is 8.42 Å². The van der Waals surface area contributed by atoms with Gasteiger partial charge in [0.25, 0.3) is 5.69 Å². The quantitative estimate of drug-likeness (QED) is 0.589. The van der Waals surface area contributed by atoms with Crippen LogP contribution in [-0.4, -0.2) is 31.5 Å². The molecule has 0 aliphatic heterocycles. The van der Waals surface area contributed by atoms with Gasteiger partial charge in [0.1, 0.15) is 6.04 Å². The number of nitrogens with zero attached hydrogens (tertiary/aromatic N) is 2. The Morgan fingerprint density at radius 1 is 1.19 bits per heavy atom. The summed E-state index contributed by atoms with van der Waals surface area (Å²) in [5.41, 5.74) is 0.430. The summed E-state index contributed by atoms with van der Waals surface area (Å²) in [4.78, 5) is 23.0. The third-order valence-electron chi connectivity index (χ3n) is 3.66. The van der Waals surface area contributed by atoms with Crippen LogP contribution in [0.5, 0.6) is 0 Å². The topological polar surface area (TPSA) is 110 Å². The molecule has 1 amide bonds. The van der Waals surface area contributed by atoms with Crippen LogP contribution in [0.1, 0.15) is 13.3 Å². The van der Waals surface area contributed by atoms with E-state index in [4.69, 9.17) is 0 Å². The second-order valence-corrected chi connectivity index (χ2v) is 7.47. The van der Waals surface area contributed by atoms with E-state index in [1.807, 2.05) is 0 Å². The summed E-state index contributed by atoms with van der Waals surface area (Å²) in [6, 6.07) is 12.8. The fourth-order valence-corrected chi connectivity index (χ4v) is 3.77. The van der Waals surface area contributed by atoms with Gasteiger partial charge < -0.3 is 5.32 Å². The molecule has 26 heavy (non-hydrogen) atoms. The average molecular weight is 377 g/mol. The van der Waals surface area contributed by atoms with Gasteiger partial charge in [-0.15, -0.1) is 0 Å². The number of anilines is 2. The molecule has 1 atom stereocenters. The molecule has 0 spiro atoms. The molecule has 2 aromatic carbocycles. The van der Waals surface area contributed by atoms with E-state index in [-0.39, 0.29) is 17.8 Å². The van der Waals surface area contributed by atoms with Crippen LogP contribution in [0.25, 0.3) is 0 Å². The molecular formula is C17H19N3O5S. The Morgan fingerprint density at radius 2 is 1.85 bits per heavy atom. The minimum absolute atomic E-state index is 0.168. The number of nitro groups is 1. The van der Waals surface area contributed by atoms with Crippen molar-refractivity contribution in [1.29, 1.82) is 0 Å². The van der Waals surface area contributed by atoms with Crippen molar-refractivity contribution in [3.63, 3.8) is 0 Å². The molecule has 0 aromatic heterocycles. The lowest BCUT2D eigenvalue weighted by atomic mass is 10.1. The number of amides is 1. The summed E-state index contributed by atoms with van der Waals surface area (Å²) >= 11 is 0. The Hall–Kier alpha value is -2.94. The zero-order valence-electron chi connectivity index (χ0n) is 14.3. The molecule has 9 heteroatoms. The molecule has 0 heterocycles. The summed E-state index contributed by atoms with van der Waals surface area (Å²) in [7, 11) is -3.72. The molecular weight excluding hydrogens is 358 g/mol. The largest absolute Gasteiger partial charge is 0.324 e. The van der Waals surface area contributed by atoms with Crippen LogP contribution in [0.3, 0.4) is 0 Å². The van der Waals surface area contributed by atoms with E-state index in [1.165, 1.54) is 24.3 Å². The SMILES string of the molecule is CC[C@H](C(=O)Nc1cccc([N+](=O)[O-])c1)N(c1ccccc1)S(C)(=O)=O. The number of nitro benzene ring substituents is 1. The number of sulfonamides is 1. The first-order chi connectivity index (χ1) is 12.2. The molecule has 0 aliphatic carbocycles. The maximum atomic E-state index is 12.7. The average Bonchev–Trinajstić information content (AvgIpc) is 2.59. The van der Waals surface area contributed by atoms with Gasteiger partial charge in [-0.05, 0) is 24.6 Å². The Balaban J connectivity index is 2.34. The van der Waals surface area contributed by atoms with E-state index >= 15 is 0 Å². The number of hydrogen-bond donors (Lipinski definition) is 1. The van der Waals surface area contributed by atoms with Crippen molar-refractivity contribution < 1.29 is 18.1 Å². The van der Waals surface area contributed by atoms with Gasteiger partial charge in [0, 0.05) is 17.8 Å². The van der Waals surface area contributed by atoms with E-state index in [2.05, 4.69) is 5.32 Å². The second kappa shape index (κ2) is 7.96. The molecule has 2 aromatic rings. The first kappa shape index (κ1) is 19.4. The highest BCUT2D eigenvalue weighted by Gasteiger charge is 2.31. The third kappa shape index (κ3) is 4.57. The lowest BCUT2D eigenvalue weighted by molar-refractivity contribution is -0.384. The maximum absolute atomic E-state index is 12.7. The van der Waals surface area contributed by atoms with Gasteiger partial charge in [0.05, 0.1) is 16.9 Å². The predicted molar refractivity (Wildman–Crippen MR) is 99.6 cm³/mol. The fourth-order valence-electron chi connectivity index (χ4n) is 2.56. The number of benzene rings is 2. The molecule has 0 bridgehead atoms. The zero-order chi connectivity index (χ0) is 19.3. The van der Waals surface area contributed by atoms with Crippen LogP contribution in [-0.2, 0) is 14.8 Å². The Kier molecular flexibility index (Phi) is 5.93. The highest BCUT2D eigenvalue weighted by molar-refractivity contribution is 7.92. The maximum Gasteiger partial charge on any atom is 0.271 e. The molecule has 0 unspecified atom stereocenters. The van der Waals surface area contributed by atoms with Gasteiger partial charge >= 0.3 is 0 Å². The lowest BCUT2D eigenvalue weighted by Gasteiger charge is -2.30. The number of hydrogen-bond acceptors (Lipinski definition) is 5. The van der Waals surface area contributed by atoms with Crippen molar-refractivity contribution in [1.82, 2.24) is 0 Å². The predicted octanol–water partition coefficient (Wildman–Crippen LogP) is 2.78. The van der Waals surface area contributed by atoms with Gasteiger partial charge in [-0.3, -0.25) is 19.2 Å². The van der Waals surface area contributed by atoms with Crippen molar-refractivity contribution in [2.75, 3.05) is 15.9 Å². The van der Waals surface area contributed by atoms with E-state index < -0.39 is 26.9 Å². The number of nitrogens with one attached hydrogen (secondary N) is 1. The minimum Gasteiger partial charge on any atom is -0.324 e. The standard InChI is InChI=1S/C17H19N3O5S/c1-3-16(19(26(2,24)25)14-9-5-4-6-10-14)17(21)18-13-8-7-11-15(12-13)20(22)23/h4-12,16H,3H2,1-2H3,(H,18,21)/t16-/m1/s1. The van der Waals surface area contributed by atoms with Gasteiger partial charge in [-0.2, -0.15) is 0 Å². The second-order valence-electron chi connectivity index (χ2n) is 5.62. The number of carbonyl (C=O) groups excluding carboxylic acids is 1.